The number of benzene rings is 2. The van der Waals surface area contributed by atoms with E-state index >= 15 is 0 Å². The molecule has 34 heavy (non-hydrogen) atoms. The predicted octanol–water partition coefficient (Wildman–Crippen LogP) is 6.56. The van der Waals surface area contributed by atoms with Gasteiger partial charge in [0.25, 0.3) is 0 Å². The number of carbonyl (C=O) groups is 1. The molecule has 2 aromatic carbocycles. The van der Waals surface area contributed by atoms with Crippen molar-refractivity contribution >= 4 is 16.9 Å². The van der Waals surface area contributed by atoms with E-state index < -0.39 is 0 Å². The Hall–Kier alpha value is -2.82. The third-order valence-corrected chi connectivity index (χ3v) is 6.92. The second-order valence-corrected chi connectivity index (χ2v) is 10.7. The van der Waals surface area contributed by atoms with Crippen LogP contribution in [0.2, 0.25) is 0 Å². The minimum atomic E-state index is -0.132. The number of hydrogen-bond acceptors (Lipinski definition) is 3. The molecule has 1 fully saturated rings. The lowest BCUT2D eigenvalue weighted by Gasteiger charge is -2.23. The minimum Gasteiger partial charge on any atom is -0.494 e. The fourth-order valence-corrected chi connectivity index (χ4v) is 4.88. The second-order valence-electron chi connectivity index (χ2n) is 10.7. The number of para-hydroxylation sites is 2. The normalized spacial score (nSPS) is 15.9. The fourth-order valence-electron chi connectivity index (χ4n) is 4.88. The molecule has 0 saturated heterocycles. The second kappa shape index (κ2) is 10.6. The van der Waals surface area contributed by atoms with Crippen molar-refractivity contribution in [3.8, 4) is 5.75 Å². The van der Waals surface area contributed by atoms with Crippen LogP contribution in [-0.2, 0) is 16.8 Å². The quantitative estimate of drug-likeness (QED) is 0.387. The molecule has 1 aliphatic rings. The van der Waals surface area contributed by atoms with Crippen molar-refractivity contribution in [3.05, 3.63) is 59.9 Å². The summed E-state index contributed by atoms with van der Waals surface area (Å²) in [5.74, 6) is 2.14. The van der Waals surface area contributed by atoms with Crippen molar-refractivity contribution in [1.82, 2.24) is 14.9 Å². The molecule has 5 heteroatoms. The molecular formula is C29H39N3O2. The Balaban J connectivity index is 1.40. The van der Waals surface area contributed by atoms with Crippen LogP contribution in [0.1, 0.15) is 83.6 Å². The van der Waals surface area contributed by atoms with Crippen LogP contribution in [0.4, 0.5) is 0 Å². The number of nitrogens with one attached hydrogen (secondary N) is 1. The zero-order valence-corrected chi connectivity index (χ0v) is 21.1. The maximum atomic E-state index is 12.8. The Morgan fingerprint density at radius 1 is 1.09 bits per heavy atom. The monoisotopic (exact) mass is 461 g/mol. The van der Waals surface area contributed by atoms with E-state index in [1.807, 2.05) is 25.1 Å². The molecule has 0 bridgehead atoms. The Bertz CT molecular complexity index is 1090. The maximum absolute atomic E-state index is 12.8. The molecule has 1 aliphatic carbocycles. The predicted molar refractivity (Wildman–Crippen MR) is 138 cm³/mol. The van der Waals surface area contributed by atoms with Gasteiger partial charge >= 0.3 is 0 Å². The number of hydrogen-bond donors (Lipinski definition) is 1. The summed E-state index contributed by atoms with van der Waals surface area (Å²) in [6.07, 6.45) is 6.43. The highest BCUT2D eigenvalue weighted by Crippen LogP contribution is 2.27. The van der Waals surface area contributed by atoms with Crippen molar-refractivity contribution in [3.63, 3.8) is 0 Å². The zero-order valence-electron chi connectivity index (χ0n) is 21.1. The number of fused-ring (bicyclic) bond motifs is 1. The summed E-state index contributed by atoms with van der Waals surface area (Å²) < 4.78 is 8.27. The average Bonchev–Trinajstić information content (AvgIpc) is 3.21. The average molecular weight is 462 g/mol. The number of rotatable bonds is 8. The molecule has 5 nitrogen and oxygen atoms in total. The van der Waals surface area contributed by atoms with E-state index in [9.17, 15) is 4.79 Å². The summed E-state index contributed by atoms with van der Waals surface area (Å²) in [6, 6.07) is 16.5. The first-order valence-electron chi connectivity index (χ1n) is 12.8. The van der Waals surface area contributed by atoms with Crippen molar-refractivity contribution in [2.45, 2.75) is 84.2 Å². The van der Waals surface area contributed by atoms with Crippen LogP contribution >= 0.6 is 0 Å². The summed E-state index contributed by atoms with van der Waals surface area (Å²) in [7, 11) is 0. The highest BCUT2D eigenvalue weighted by atomic mass is 16.5. The molecule has 0 spiro atoms. The van der Waals surface area contributed by atoms with Gasteiger partial charge in [0, 0.05) is 12.5 Å². The van der Waals surface area contributed by atoms with Crippen LogP contribution in [-0.4, -0.2) is 22.1 Å². The van der Waals surface area contributed by atoms with Gasteiger partial charge < -0.3 is 14.6 Å². The molecule has 1 saturated carbocycles. The van der Waals surface area contributed by atoms with Crippen LogP contribution in [0.25, 0.3) is 11.0 Å². The van der Waals surface area contributed by atoms with Crippen LogP contribution in [0.3, 0.4) is 0 Å². The van der Waals surface area contributed by atoms with Crippen LogP contribution < -0.4 is 10.1 Å². The topological polar surface area (TPSA) is 56.2 Å². The number of nitrogens with zero attached hydrogens (tertiary/aromatic N) is 2. The number of carbonyl (C=O) groups excluding carboxylic acids is 1. The first-order valence-corrected chi connectivity index (χ1v) is 12.8. The molecule has 1 atom stereocenters. The third-order valence-electron chi connectivity index (χ3n) is 6.92. The molecule has 1 amide bonds. The third kappa shape index (κ3) is 5.81. The number of aromatic nitrogens is 2. The number of aryl methyl sites for hydroxylation is 1. The van der Waals surface area contributed by atoms with E-state index in [-0.39, 0.29) is 23.3 Å². The number of imidazole rings is 1. The van der Waals surface area contributed by atoms with E-state index in [0.717, 1.165) is 61.3 Å². The van der Waals surface area contributed by atoms with Gasteiger partial charge in [-0.05, 0) is 61.4 Å². The molecule has 4 rings (SSSR count). The Labute approximate surface area is 203 Å². The Kier molecular flexibility index (Phi) is 7.60. The van der Waals surface area contributed by atoms with Gasteiger partial charge in [-0.1, -0.05) is 64.3 Å². The summed E-state index contributed by atoms with van der Waals surface area (Å²) in [5.41, 5.74) is 3.51. The molecule has 3 aromatic rings. The van der Waals surface area contributed by atoms with Gasteiger partial charge in [-0.15, -0.1) is 0 Å². The Morgan fingerprint density at radius 2 is 1.79 bits per heavy atom. The first-order chi connectivity index (χ1) is 16.3. The lowest BCUT2D eigenvalue weighted by molar-refractivity contribution is -0.126. The highest BCUT2D eigenvalue weighted by Gasteiger charge is 2.24. The maximum Gasteiger partial charge on any atom is 0.223 e. The van der Waals surface area contributed by atoms with Gasteiger partial charge in [0.15, 0.2) is 0 Å². The van der Waals surface area contributed by atoms with Gasteiger partial charge in [0.1, 0.15) is 11.6 Å². The Morgan fingerprint density at radius 3 is 2.50 bits per heavy atom. The number of amides is 1. The van der Waals surface area contributed by atoms with Gasteiger partial charge in [-0.25, -0.2) is 4.98 Å². The van der Waals surface area contributed by atoms with E-state index in [2.05, 4.69) is 61.0 Å². The SMILES string of the molecule is CC(NC(=O)C1CCCCC1)c1nc2ccccc2n1CCCOc1ccc(C(C)(C)C)cc1. The molecule has 1 heterocycles. The molecule has 1 aromatic heterocycles. The molecule has 0 aliphatic heterocycles. The lowest BCUT2D eigenvalue weighted by atomic mass is 9.87. The first kappa shape index (κ1) is 24.3. The summed E-state index contributed by atoms with van der Waals surface area (Å²) in [6.45, 7) is 10.1. The molecule has 1 N–H and O–H groups in total. The molecule has 0 radical (unpaired) electrons. The van der Waals surface area contributed by atoms with Crippen molar-refractivity contribution in [1.29, 1.82) is 0 Å². The highest BCUT2D eigenvalue weighted by molar-refractivity contribution is 5.80. The molecule has 1 unspecified atom stereocenters. The van der Waals surface area contributed by atoms with Gasteiger partial charge in [0.05, 0.1) is 23.7 Å². The summed E-state index contributed by atoms with van der Waals surface area (Å²) >= 11 is 0. The largest absolute Gasteiger partial charge is 0.494 e. The summed E-state index contributed by atoms with van der Waals surface area (Å²) in [5, 5.41) is 3.25. The van der Waals surface area contributed by atoms with Crippen molar-refractivity contribution < 1.29 is 9.53 Å². The summed E-state index contributed by atoms with van der Waals surface area (Å²) in [4.78, 5) is 17.7. The number of ether oxygens (including phenoxy) is 1. The van der Waals surface area contributed by atoms with E-state index in [1.54, 1.807) is 0 Å². The smallest absolute Gasteiger partial charge is 0.223 e. The van der Waals surface area contributed by atoms with Gasteiger partial charge in [-0.3, -0.25) is 4.79 Å². The standard InChI is InChI=1S/C29H39N3O2/c1-21(30-28(33)22-11-6-5-7-12-22)27-31-25-13-8-9-14-26(25)32(27)19-10-20-34-24-17-15-23(16-18-24)29(2,3)4/h8-9,13-18,21-22H,5-7,10-12,19-20H2,1-4H3,(H,30,33). The van der Waals surface area contributed by atoms with E-state index in [0.29, 0.717) is 6.61 Å². The van der Waals surface area contributed by atoms with Crippen LogP contribution in [0.5, 0.6) is 5.75 Å². The molecule has 182 valence electrons. The van der Waals surface area contributed by atoms with Crippen molar-refractivity contribution in [2.24, 2.45) is 5.92 Å². The van der Waals surface area contributed by atoms with Crippen LogP contribution in [0.15, 0.2) is 48.5 Å². The van der Waals surface area contributed by atoms with Gasteiger partial charge in [0.2, 0.25) is 5.91 Å². The minimum absolute atomic E-state index is 0.132. The molecular weight excluding hydrogens is 422 g/mol. The zero-order chi connectivity index (χ0) is 24.1. The van der Waals surface area contributed by atoms with Crippen molar-refractivity contribution in [2.75, 3.05) is 6.61 Å². The fraction of sp³-hybridized carbons (Fsp3) is 0.517. The van der Waals surface area contributed by atoms with Crippen LogP contribution in [0, 0.1) is 5.92 Å². The van der Waals surface area contributed by atoms with E-state index in [1.165, 1.54) is 12.0 Å². The lowest BCUT2D eigenvalue weighted by Crippen LogP contribution is -2.35. The van der Waals surface area contributed by atoms with Gasteiger partial charge in [-0.2, -0.15) is 0 Å². The van der Waals surface area contributed by atoms with E-state index in [4.69, 9.17) is 9.72 Å².